The molecule has 1 atom stereocenters. The van der Waals surface area contributed by atoms with Crippen LogP contribution in [0.3, 0.4) is 0 Å². The van der Waals surface area contributed by atoms with Gasteiger partial charge in [-0.1, -0.05) is 12.1 Å². The van der Waals surface area contributed by atoms with Crippen molar-refractivity contribution in [2.24, 2.45) is 5.92 Å². The van der Waals surface area contributed by atoms with Gasteiger partial charge in [0, 0.05) is 5.69 Å². The Balaban J connectivity index is 0.00000112. The predicted molar refractivity (Wildman–Crippen MR) is 74.6 cm³/mol. The quantitative estimate of drug-likeness (QED) is 0.805. The molecule has 1 aromatic rings. The lowest BCUT2D eigenvalue weighted by Crippen LogP contribution is -2.30. The van der Waals surface area contributed by atoms with Crippen LogP contribution in [0.5, 0.6) is 0 Å². The van der Waals surface area contributed by atoms with Gasteiger partial charge in [0.15, 0.2) is 0 Å². The fourth-order valence-electron chi connectivity index (χ4n) is 2.09. The van der Waals surface area contributed by atoms with E-state index < -0.39 is 0 Å². The number of anilines is 1. The molecule has 1 aromatic carbocycles. The minimum atomic E-state index is 0. The highest BCUT2D eigenvalue weighted by Crippen LogP contribution is 2.17. The number of benzene rings is 1. The number of hydrogen-bond acceptors (Lipinski definition) is 2. The number of nitrogens with two attached hydrogens (primary N) is 1. The molecular weight excluding hydrogens is 243 g/mol. The fourth-order valence-corrected chi connectivity index (χ4v) is 2.09. The van der Waals surface area contributed by atoms with Crippen molar-refractivity contribution in [3.63, 3.8) is 0 Å². The van der Waals surface area contributed by atoms with Crippen LogP contribution in [0.4, 0.5) is 5.69 Å². The summed E-state index contributed by atoms with van der Waals surface area (Å²) in [5.74, 6) is 0.812. The van der Waals surface area contributed by atoms with Crippen molar-refractivity contribution in [2.45, 2.75) is 19.3 Å². The van der Waals surface area contributed by atoms with E-state index in [9.17, 15) is 0 Å². The van der Waals surface area contributed by atoms with Crippen LogP contribution in [-0.2, 0) is 6.42 Å². The Bertz CT molecular complexity index is 282. The molecule has 0 amide bonds. The van der Waals surface area contributed by atoms with Crippen LogP contribution < -0.4 is 11.1 Å². The average Bonchev–Trinajstić information content (AvgIpc) is 2.23. The topological polar surface area (TPSA) is 38.0 Å². The zero-order valence-electron chi connectivity index (χ0n) is 9.32. The number of nitrogen functional groups attached to an aromatic ring is 1. The molecule has 0 radical (unpaired) electrons. The highest BCUT2D eigenvalue weighted by molar-refractivity contribution is 5.85. The van der Waals surface area contributed by atoms with Gasteiger partial charge < -0.3 is 11.1 Å². The smallest absolute Gasteiger partial charge is 0.0314 e. The van der Waals surface area contributed by atoms with Crippen LogP contribution in [0.2, 0.25) is 0 Å². The highest BCUT2D eigenvalue weighted by Gasteiger charge is 2.12. The molecule has 1 unspecified atom stereocenters. The summed E-state index contributed by atoms with van der Waals surface area (Å²) in [6.07, 6.45) is 3.87. The van der Waals surface area contributed by atoms with E-state index in [1.807, 2.05) is 12.1 Å². The summed E-state index contributed by atoms with van der Waals surface area (Å²) in [4.78, 5) is 0. The Labute approximate surface area is 110 Å². The third-order valence-corrected chi connectivity index (χ3v) is 2.90. The maximum absolute atomic E-state index is 5.65. The first-order valence-electron chi connectivity index (χ1n) is 5.40. The summed E-state index contributed by atoms with van der Waals surface area (Å²) >= 11 is 0. The summed E-state index contributed by atoms with van der Waals surface area (Å²) in [7, 11) is 0. The molecule has 0 saturated carbocycles. The molecule has 16 heavy (non-hydrogen) atoms. The van der Waals surface area contributed by atoms with Crippen LogP contribution in [0.25, 0.3) is 0 Å². The third-order valence-electron chi connectivity index (χ3n) is 2.90. The summed E-state index contributed by atoms with van der Waals surface area (Å²) in [5, 5.41) is 3.44. The Kier molecular flexibility index (Phi) is 7.56. The molecule has 92 valence electrons. The van der Waals surface area contributed by atoms with Gasteiger partial charge in [-0.15, -0.1) is 24.8 Å². The van der Waals surface area contributed by atoms with Crippen molar-refractivity contribution in [3.8, 4) is 0 Å². The van der Waals surface area contributed by atoms with E-state index in [0.29, 0.717) is 0 Å². The standard InChI is InChI=1S/C12H18N2.2ClH/c13-12-5-3-10(4-6-12)8-11-2-1-7-14-9-11;;/h3-6,11,14H,1-2,7-9,13H2;2*1H. The predicted octanol–water partition coefficient (Wildman–Crippen LogP) is 2.65. The molecule has 1 aliphatic rings. The summed E-state index contributed by atoms with van der Waals surface area (Å²) in [6, 6.07) is 8.27. The molecular formula is C12H20Cl2N2. The normalized spacial score (nSPS) is 19.4. The molecule has 3 N–H and O–H groups in total. The van der Waals surface area contributed by atoms with E-state index >= 15 is 0 Å². The first-order valence-corrected chi connectivity index (χ1v) is 5.40. The average molecular weight is 263 g/mol. The first-order chi connectivity index (χ1) is 6.84. The van der Waals surface area contributed by atoms with Gasteiger partial charge in [0.25, 0.3) is 0 Å². The number of halogens is 2. The van der Waals surface area contributed by atoms with Crippen LogP contribution in [0.1, 0.15) is 18.4 Å². The van der Waals surface area contributed by atoms with Crippen molar-refractivity contribution < 1.29 is 0 Å². The van der Waals surface area contributed by atoms with Crippen LogP contribution in [0, 0.1) is 5.92 Å². The van der Waals surface area contributed by atoms with E-state index in [1.165, 1.54) is 37.9 Å². The van der Waals surface area contributed by atoms with Crippen molar-refractivity contribution in [3.05, 3.63) is 29.8 Å². The minimum Gasteiger partial charge on any atom is -0.399 e. The van der Waals surface area contributed by atoms with Gasteiger partial charge in [-0.2, -0.15) is 0 Å². The van der Waals surface area contributed by atoms with Gasteiger partial charge in [0.2, 0.25) is 0 Å². The summed E-state index contributed by atoms with van der Waals surface area (Å²) in [5.41, 5.74) is 7.91. The number of piperidine rings is 1. The first kappa shape index (κ1) is 15.6. The molecule has 4 heteroatoms. The molecule has 1 fully saturated rings. The van der Waals surface area contributed by atoms with Crippen LogP contribution >= 0.6 is 24.8 Å². The zero-order valence-corrected chi connectivity index (χ0v) is 10.9. The molecule has 1 saturated heterocycles. The Morgan fingerprint density at radius 2 is 1.88 bits per heavy atom. The lowest BCUT2D eigenvalue weighted by atomic mass is 9.92. The molecule has 2 nitrogen and oxygen atoms in total. The van der Waals surface area contributed by atoms with Crippen molar-refractivity contribution in [2.75, 3.05) is 18.8 Å². The maximum atomic E-state index is 5.65. The van der Waals surface area contributed by atoms with Crippen molar-refractivity contribution >= 4 is 30.5 Å². The third kappa shape index (κ3) is 4.60. The lowest BCUT2D eigenvalue weighted by Gasteiger charge is -2.22. The van der Waals surface area contributed by atoms with Gasteiger partial charge in [-0.3, -0.25) is 0 Å². The number of rotatable bonds is 2. The second-order valence-corrected chi connectivity index (χ2v) is 4.16. The lowest BCUT2D eigenvalue weighted by molar-refractivity contribution is 0.376. The molecule has 2 rings (SSSR count). The maximum Gasteiger partial charge on any atom is 0.0314 e. The Morgan fingerprint density at radius 3 is 2.44 bits per heavy atom. The van der Waals surface area contributed by atoms with E-state index in [-0.39, 0.29) is 24.8 Å². The summed E-state index contributed by atoms with van der Waals surface area (Å²) < 4.78 is 0. The Morgan fingerprint density at radius 1 is 1.19 bits per heavy atom. The molecule has 0 bridgehead atoms. The van der Waals surface area contributed by atoms with Gasteiger partial charge in [0.05, 0.1) is 0 Å². The second-order valence-electron chi connectivity index (χ2n) is 4.16. The minimum absolute atomic E-state index is 0. The van der Waals surface area contributed by atoms with E-state index in [1.54, 1.807) is 0 Å². The summed E-state index contributed by atoms with van der Waals surface area (Å²) in [6.45, 7) is 2.36. The van der Waals surface area contributed by atoms with Gasteiger partial charge in [0.1, 0.15) is 0 Å². The SMILES string of the molecule is Cl.Cl.Nc1ccc(CC2CCCNC2)cc1. The van der Waals surface area contributed by atoms with Crippen molar-refractivity contribution in [1.82, 2.24) is 5.32 Å². The Hall–Kier alpha value is -0.440. The van der Waals surface area contributed by atoms with Gasteiger partial charge in [-0.05, 0) is 56.0 Å². The molecule has 0 spiro atoms. The molecule has 1 aliphatic heterocycles. The number of nitrogens with one attached hydrogen (secondary N) is 1. The van der Waals surface area contributed by atoms with Crippen molar-refractivity contribution in [1.29, 1.82) is 0 Å². The highest BCUT2D eigenvalue weighted by atomic mass is 35.5. The zero-order chi connectivity index (χ0) is 9.80. The molecule has 0 aromatic heterocycles. The van der Waals surface area contributed by atoms with E-state index in [0.717, 1.165) is 11.6 Å². The largest absolute Gasteiger partial charge is 0.399 e. The molecule has 0 aliphatic carbocycles. The van der Waals surface area contributed by atoms with Crippen LogP contribution in [-0.4, -0.2) is 13.1 Å². The van der Waals surface area contributed by atoms with Gasteiger partial charge >= 0.3 is 0 Å². The fraction of sp³-hybridized carbons (Fsp3) is 0.500. The molecule has 1 heterocycles. The van der Waals surface area contributed by atoms with E-state index in [4.69, 9.17) is 5.73 Å². The van der Waals surface area contributed by atoms with E-state index in [2.05, 4.69) is 17.4 Å². The van der Waals surface area contributed by atoms with Crippen LogP contribution in [0.15, 0.2) is 24.3 Å². The number of hydrogen-bond donors (Lipinski definition) is 2. The monoisotopic (exact) mass is 262 g/mol. The second kappa shape index (κ2) is 7.77. The van der Waals surface area contributed by atoms with Gasteiger partial charge in [-0.25, -0.2) is 0 Å².